The highest BCUT2D eigenvalue weighted by Gasteiger charge is 2.20. The molecule has 2 aromatic carbocycles. The van der Waals surface area contributed by atoms with Crippen molar-refractivity contribution in [2.75, 3.05) is 29.5 Å². The summed E-state index contributed by atoms with van der Waals surface area (Å²) in [5.41, 5.74) is 0.900. The number of nitrogens with one attached hydrogen (secondary N) is 1. The highest BCUT2D eigenvalue weighted by atomic mass is 35.5. The lowest BCUT2D eigenvalue weighted by molar-refractivity contribution is -0.116. The number of benzene rings is 2. The Morgan fingerprint density at radius 1 is 1.19 bits per heavy atom. The molecule has 27 heavy (non-hydrogen) atoms. The second kappa shape index (κ2) is 9.30. The second-order valence-corrected chi connectivity index (χ2v) is 8.56. The first-order valence-corrected chi connectivity index (χ1v) is 10.7. The van der Waals surface area contributed by atoms with E-state index in [0.717, 1.165) is 10.6 Å². The maximum Gasteiger partial charge on any atom is 0.232 e. The predicted molar refractivity (Wildman–Crippen MR) is 110 cm³/mol. The van der Waals surface area contributed by atoms with Crippen molar-refractivity contribution in [2.45, 2.75) is 12.8 Å². The van der Waals surface area contributed by atoms with Gasteiger partial charge in [0.15, 0.2) is 0 Å². The SMILES string of the molecule is COc1cccc(NC(=O)CCCN(c2cc(Cl)ccc2Cl)S(C)(=O)=O)c1. The second-order valence-electron chi connectivity index (χ2n) is 5.81. The van der Waals surface area contributed by atoms with E-state index in [4.69, 9.17) is 27.9 Å². The summed E-state index contributed by atoms with van der Waals surface area (Å²) in [5.74, 6) is 0.403. The summed E-state index contributed by atoms with van der Waals surface area (Å²) < 4.78 is 30.5. The first kappa shape index (κ1) is 21.3. The monoisotopic (exact) mass is 430 g/mol. The Hall–Kier alpha value is -1.96. The van der Waals surface area contributed by atoms with Crippen molar-refractivity contribution >= 4 is 50.5 Å². The Bertz CT molecular complexity index is 919. The molecular formula is C18H20Cl2N2O4S. The third-order valence-corrected chi connectivity index (χ3v) is 5.43. The summed E-state index contributed by atoms with van der Waals surface area (Å²) in [6.45, 7) is 0.102. The zero-order chi connectivity index (χ0) is 20.0. The molecule has 0 aliphatic rings. The van der Waals surface area contributed by atoms with Gasteiger partial charge in [-0.05, 0) is 36.8 Å². The van der Waals surface area contributed by atoms with Gasteiger partial charge in [0.2, 0.25) is 15.9 Å². The Balaban J connectivity index is 2.01. The minimum atomic E-state index is -3.58. The largest absolute Gasteiger partial charge is 0.497 e. The molecule has 0 saturated carbocycles. The van der Waals surface area contributed by atoms with Gasteiger partial charge in [-0.2, -0.15) is 0 Å². The number of halogens is 2. The molecule has 6 nitrogen and oxygen atoms in total. The number of carbonyl (C=O) groups is 1. The fourth-order valence-corrected chi connectivity index (χ4v) is 3.85. The minimum Gasteiger partial charge on any atom is -0.497 e. The molecule has 1 amide bonds. The molecule has 0 aliphatic carbocycles. The van der Waals surface area contributed by atoms with Crippen LogP contribution in [0.5, 0.6) is 5.75 Å². The van der Waals surface area contributed by atoms with Crippen LogP contribution in [0.2, 0.25) is 10.0 Å². The first-order chi connectivity index (χ1) is 12.7. The van der Waals surface area contributed by atoms with E-state index < -0.39 is 10.0 Å². The summed E-state index contributed by atoms with van der Waals surface area (Å²) in [6, 6.07) is 11.6. The molecule has 0 aliphatic heterocycles. The average molecular weight is 431 g/mol. The topological polar surface area (TPSA) is 75.7 Å². The molecule has 0 fully saturated rings. The Morgan fingerprint density at radius 3 is 2.59 bits per heavy atom. The molecule has 2 rings (SSSR count). The van der Waals surface area contributed by atoms with E-state index in [1.54, 1.807) is 37.4 Å². The average Bonchev–Trinajstić information content (AvgIpc) is 2.60. The number of carbonyl (C=O) groups excluding carboxylic acids is 1. The van der Waals surface area contributed by atoms with Crippen LogP contribution in [0.25, 0.3) is 0 Å². The van der Waals surface area contributed by atoms with Crippen molar-refractivity contribution in [2.24, 2.45) is 0 Å². The molecule has 0 spiro atoms. The summed E-state index contributed by atoms with van der Waals surface area (Å²) >= 11 is 12.1. The number of amides is 1. The fraction of sp³-hybridized carbons (Fsp3) is 0.278. The maximum absolute atomic E-state index is 12.1. The molecule has 146 valence electrons. The summed E-state index contributed by atoms with van der Waals surface area (Å²) in [4.78, 5) is 12.1. The molecule has 0 heterocycles. The number of methoxy groups -OCH3 is 1. The number of anilines is 2. The molecule has 0 atom stereocenters. The van der Waals surface area contributed by atoms with Crippen LogP contribution < -0.4 is 14.4 Å². The van der Waals surface area contributed by atoms with Gasteiger partial charge in [0.25, 0.3) is 0 Å². The van der Waals surface area contributed by atoms with Crippen molar-refractivity contribution in [3.63, 3.8) is 0 Å². The highest BCUT2D eigenvalue weighted by Crippen LogP contribution is 2.31. The van der Waals surface area contributed by atoms with E-state index in [9.17, 15) is 13.2 Å². The van der Waals surface area contributed by atoms with E-state index in [2.05, 4.69) is 5.32 Å². The summed E-state index contributed by atoms with van der Waals surface area (Å²) in [6.07, 6.45) is 1.54. The fourth-order valence-electron chi connectivity index (χ4n) is 2.45. The summed E-state index contributed by atoms with van der Waals surface area (Å²) in [7, 11) is -2.04. The number of ether oxygens (including phenoxy) is 1. The molecule has 9 heteroatoms. The van der Waals surface area contributed by atoms with Crippen molar-refractivity contribution < 1.29 is 17.9 Å². The van der Waals surface area contributed by atoms with Crippen molar-refractivity contribution in [1.82, 2.24) is 0 Å². The molecule has 0 aromatic heterocycles. The van der Waals surface area contributed by atoms with Gasteiger partial charge in [0.1, 0.15) is 5.75 Å². The van der Waals surface area contributed by atoms with Crippen molar-refractivity contribution in [1.29, 1.82) is 0 Å². The van der Waals surface area contributed by atoms with Gasteiger partial charge in [0.05, 0.1) is 24.1 Å². The minimum absolute atomic E-state index is 0.102. The Kier molecular flexibility index (Phi) is 7.35. The van der Waals surface area contributed by atoms with Gasteiger partial charge in [-0.15, -0.1) is 0 Å². The number of sulfonamides is 1. The van der Waals surface area contributed by atoms with Crippen LogP contribution in [-0.4, -0.2) is 34.2 Å². The molecule has 0 radical (unpaired) electrons. The van der Waals surface area contributed by atoms with Gasteiger partial charge in [-0.25, -0.2) is 8.42 Å². The van der Waals surface area contributed by atoms with E-state index >= 15 is 0 Å². The van der Waals surface area contributed by atoms with Crippen molar-refractivity contribution in [3.8, 4) is 5.75 Å². The van der Waals surface area contributed by atoms with Gasteiger partial charge in [-0.3, -0.25) is 9.10 Å². The van der Waals surface area contributed by atoms with Crippen LogP contribution >= 0.6 is 23.2 Å². The normalized spacial score (nSPS) is 11.1. The standard InChI is InChI=1S/C18H20Cl2N2O4S/c1-26-15-6-3-5-14(12-15)21-18(23)7-4-10-22(27(2,24)25)17-11-13(19)8-9-16(17)20/h3,5-6,8-9,11-12H,4,7,10H2,1-2H3,(H,21,23). The van der Waals surface area contributed by atoms with Gasteiger partial charge < -0.3 is 10.1 Å². The smallest absolute Gasteiger partial charge is 0.232 e. The van der Waals surface area contributed by atoms with Crippen molar-refractivity contribution in [3.05, 3.63) is 52.5 Å². The first-order valence-electron chi connectivity index (χ1n) is 8.07. The molecular weight excluding hydrogens is 411 g/mol. The molecule has 0 bridgehead atoms. The van der Waals surface area contributed by atoms with Crippen LogP contribution in [-0.2, 0) is 14.8 Å². The third kappa shape index (κ3) is 6.30. The number of rotatable bonds is 8. The van der Waals surface area contributed by atoms with Gasteiger partial charge in [0, 0.05) is 29.7 Å². The molecule has 1 N–H and O–H groups in total. The van der Waals surface area contributed by atoms with E-state index in [-0.39, 0.29) is 23.9 Å². The number of hydrogen-bond donors (Lipinski definition) is 1. The Morgan fingerprint density at radius 2 is 1.93 bits per heavy atom. The third-order valence-electron chi connectivity index (χ3n) is 3.70. The van der Waals surface area contributed by atoms with E-state index in [1.165, 1.54) is 12.1 Å². The maximum atomic E-state index is 12.1. The molecule has 2 aromatic rings. The quantitative estimate of drug-likeness (QED) is 0.680. The van der Waals surface area contributed by atoms with E-state index in [1.807, 2.05) is 0 Å². The van der Waals surface area contributed by atoms with Crippen LogP contribution in [0.15, 0.2) is 42.5 Å². The summed E-state index contributed by atoms with van der Waals surface area (Å²) in [5, 5.41) is 3.40. The Labute approximate surface area is 169 Å². The van der Waals surface area contributed by atoms with Crippen LogP contribution in [0.4, 0.5) is 11.4 Å². The van der Waals surface area contributed by atoms with Crippen LogP contribution in [0.1, 0.15) is 12.8 Å². The lowest BCUT2D eigenvalue weighted by Crippen LogP contribution is -2.31. The zero-order valence-corrected chi connectivity index (χ0v) is 17.2. The molecule has 0 unspecified atom stereocenters. The van der Waals surface area contributed by atoms with Gasteiger partial charge >= 0.3 is 0 Å². The molecule has 0 saturated heterocycles. The van der Waals surface area contributed by atoms with Crippen LogP contribution in [0.3, 0.4) is 0 Å². The lowest BCUT2D eigenvalue weighted by Gasteiger charge is -2.23. The highest BCUT2D eigenvalue weighted by molar-refractivity contribution is 7.92. The lowest BCUT2D eigenvalue weighted by atomic mass is 10.2. The van der Waals surface area contributed by atoms with E-state index in [0.29, 0.717) is 28.6 Å². The van der Waals surface area contributed by atoms with Gasteiger partial charge in [-0.1, -0.05) is 29.3 Å². The zero-order valence-electron chi connectivity index (χ0n) is 14.9. The number of nitrogens with zero attached hydrogens (tertiary/aromatic N) is 1. The predicted octanol–water partition coefficient (Wildman–Crippen LogP) is 4.19. The van der Waals surface area contributed by atoms with Crippen LogP contribution in [0, 0.1) is 0 Å². The number of hydrogen-bond acceptors (Lipinski definition) is 4.